The summed E-state index contributed by atoms with van der Waals surface area (Å²) in [5.41, 5.74) is 8.48. The molecule has 3 aromatic rings. The van der Waals surface area contributed by atoms with Gasteiger partial charge in [0.15, 0.2) is 5.82 Å². The van der Waals surface area contributed by atoms with Crippen LogP contribution in [-0.2, 0) is 25.8 Å². The Morgan fingerprint density at radius 1 is 0.950 bits per heavy atom. The molecule has 1 aliphatic carbocycles. The second-order valence-electron chi connectivity index (χ2n) is 12.5. The Bertz CT molecular complexity index is 1300. The monoisotopic (exact) mass is 540 g/mol. The van der Waals surface area contributed by atoms with Crippen molar-refractivity contribution in [3.8, 4) is 11.4 Å². The van der Waals surface area contributed by atoms with Gasteiger partial charge in [0.05, 0.1) is 5.60 Å². The molecule has 214 valence electrons. The minimum atomic E-state index is -0.646. The second-order valence-corrected chi connectivity index (χ2v) is 12.5. The van der Waals surface area contributed by atoms with Crippen LogP contribution in [0.5, 0.6) is 0 Å². The van der Waals surface area contributed by atoms with Gasteiger partial charge < -0.3 is 10.0 Å². The fraction of sp³-hybridized carbons (Fsp3) is 0.543. The van der Waals surface area contributed by atoms with E-state index in [0.717, 1.165) is 62.7 Å². The average molecular weight is 541 g/mol. The standard InChI is InChI=1S/C35H48N4O/c1-7-25-14-11-15-26(8-2)32(25)33-36-24(3)30(34(37-33)39-21-19-28(20-22-39)35(4,5)40)23-38(6)31-18-12-16-27-13-9-10-17-29(27)31/h9-11,13-15,17,28,31,40H,7-8,12,16,18-23H2,1-6H3/t31-/m0/s1. The Kier molecular flexibility index (Phi) is 8.63. The Labute approximate surface area is 241 Å². The number of aryl methyl sites for hydroxylation is 4. The van der Waals surface area contributed by atoms with Crippen LogP contribution in [0.3, 0.4) is 0 Å². The predicted octanol–water partition coefficient (Wildman–Crippen LogP) is 7.07. The summed E-state index contributed by atoms with van der Waals surface area (Å²) in [6, 6.07) is 16.0. The highest BCUT2D eigenvalue weighted by molar-refractivity contribution is 5.68. The summed E-state index contributed by atoms with van der Waals surface area (Å²) in [7, 11) is 2.27. The van der Waals surface area contributed by atoms with Gasteiger partial charge in [0.1, 0.15) is 5.82 Å². The number of aliphatic hydroxyl groups is 1. The number of piperidine rings is 1. The smallest absolute Gasteiger partial charge is 0.162 e. The van der Waals surface area contributed by atoms with Crippen LogP contribution in [0.2, 0.25) is 0 Å². The van der Waals surface area contributed by atoms with Crippen LogP contribution >= 0.6 is 0 Å². The van der Waals surface area contributed by atoms with Gasteiger partial charge in [0.25, 0.3) is 0 Å². The number of nitrogens with zero attached hydrogens (tertiary/aromatic N) is 4. The van der Waals surface area contributed by atoms with Gasteiger partial charge in [-0.1, -0.05) is 56.3 Å². The number of hydrogen-bond acceptors (Lipinski definition) is 5. The molecule has 5 nitrogen and oxygen atoms in total. The third-order valence-corrected chi connectivity index (χ3v) is 9.49. The van der Waals surface area contributed by atoms with E-state index in [9.17, 15) is 5.11 Å². The summed E-state index contributed by atoms with van der Waals surface area (Å²) in [6.45, 7) is 13.2. The summed E-state index contributed by atoms with van der Waals surface area (Å²) in [5.74, 6) is 2.25. The van der Waals surface area contributed by atoms with Crippen LogP contribution in [-0.4, -0.2) is 45.7 Å². The summed E-state index contributed by atoms with van der Waals surface area (Å²) in [5, 5.41) is 10.7. The number of anilines is 1. The fourth-order valence-electron chi connectivity index (χ4n) is 7.01. The average Bonchev–Trinajstić information content (AvgIpc) is 2.96. The van der Waals surface area contributed by atoms with E-state index in [2.05, 4.69) is 80.1 Å². The van der Waals surface area contributed by atoms with Crippen LogP contribution in [0.15, 0.2) is 42.5 Å². The van der Waals surface area contributed by atoms with Gasteiger partial charge in [-0.2, -0.15) is 0 Å². The van der Waals surface area contributed by atoms with Gasteiger partial charge >= 0.3 is 0 Å². The van der Waals surface area contributed by atoms with Crippen molar-refractivity contribution in [2.45, 2.75) is 97.8 Å². The molecule has 1 fully saturated rings. The lowest BCUT2D eigenvalue weighted by molar-refractivity contribution is 0.00643. The molecule has 0 radical (unpaired) electrons. The first-order chi connectivity index (χ1) is 19.2. The minimum Gasteiger partial charge on any atom is -0.390 e. The van der Waals surface area contributed by atoms with Crippen molar-refractivity contribution in [1.82, 2.24) is 14.9 Å². The third kappa shape index (κ3) is 5.82. The van der Waals surface area contributed by atoms with Crippen molar-refractivity contribution in [2.75, 3.05) is 25.0 Å². The van der Waals surface area contributed by atoms with Crippen molar-refractivity contribution < 1.29 is 5.11 Å². The van der Waals surface area contributed by atoms with E-state index >= 15 is 0 Å². The van der Waals surface area contributed by atoms with Gasteiger partial charge in [-0.15, -0.1) is 0 Å². The van der Waals surface area contributed by atoms with Gasteiger partial charge in [0, 0.05) is 42.5 Å². The first-order valence-corrected chi connectivity index (χ1v) is 15.4. The zero-order valence-corrected chi connectivity index (χ0v) is 25.5. The molecule has 0 unspecified atom stereocenters. The quantitative estimate of drug-likeness (QED) is 0.331. The molecule has 1 aliphatic heterocycles. The largest absolute Gasteiger partial charge is 0.390 e. The zero-order chi connectivity index (χ0) is 28.4. The molecule has 5 heteroatoms. The zero-order valence-electron chi connectivity index (χ0n) is 25.5. The van der Waals surface area contributed by atoms with E-state index < -0.39 is 5.60 Å². The Morgan fingerprint density at radius 3 is 2.27 bits per heavy atom. The van der Waals surface area contributed by atoms with E-state index in [1.165, 1.54) is 52.6 Å². The van der Waals surface area contributed by atoms with Crippen LogP contribution in [0.4, 0.5) is 5.82 Å². The maximum Gasteiger partial charge on any atom is 0.162 e. The molecular weight excluding hydrogens is 492 g/mol. The third-order valence-electron chi connectivity index (χ3n) is 9.49. The van der Waals surface area contributed by atoms with Crippen molar-refractivity contribution in [3.63, 3.8) is 0 Å². The maximum atomic E-state index is 10.7. The van der Waals surface area contributed by atoms with E-state index in [-0.39, 0.29) is 0 Å². The molecule has 2 aliphatic rings. The van der Waals surface area contributed by atoms with Crippen molar-refractivity contribution in [1.29, 1.82) is 0 Å². The van der Waals surface area contributed by atoms with Gasteiger partial charge in [0.2, 0.25) is 0 Å². The van der Waals surface area contributed by atoms with Gasteiger partial charge in [-0.05, 0) is 101 Å². The molecule has 2 heterocycles. The molecule has 5 rings (SSSR count). The van der Waals surface area contributed by atoms with Gasteiger partial charge in [-0.3, -0.25) is 4.90 Å². The number of aromatic nitrogens is 2. The lowest BCUT2D eigenvalue weighted by Gasteiger charge is -2.40. The number of hydrogen-bond donors (Lipinski definition) is 1. The summed E-state index contributed by atoms with van der Waals surface area (Å²) >= 11 is 0. The molecule has 1 N–H and O–H groups in total. The minimum absolute atomic E-state index is 0.309. The maximum absolute atomic E-state index is 10.7. The fourth-order valence-corrected chi connectivity index (χ4v) is 7.01. The molecule has 1 atom stereocenters. The van der Waals surface area contributed by atoms with Crippen molar-refractivity contribution in [3.05, 3.63) is 76.0 Å². The number of rotatable bonds is 8. The van der Waals surface area contributed by atoms with Crippen LogP contribution in [0.1, 0.15) is 92.9 Å². The summed E-state index contributed by atoms with van der Waals surface area (Å²) in [4.78, 5) is 15.6. The second kappa shape index (κ2) is 12.0. The summed E-state index contributed by atoms with van der Waals surface area (Å²) in [6.07, 6.45) is 7.45. The highest BCUT2D eigenvalue weighted by Gasteiger charge is 2.33. The molecular formula is C35H48N4O. The molecule has 0 saturated carbocycles. The van der Waals surface area contributed by atoms with Crippen LogP contribution in [0, 0.1) is 12.8 Å². The number of fused-ring (bicyclic) bond motifs is 1. The van der Waals surface area contributed by atoms with E-state index in [1.54, 1.807) is 0 Å². The van der Waals surface area contributed by atoms with E-state index in [1.807, 2.05) is 13.8 Å². The predicted molar refractivity (Wildman–Crippen MR) is 166 cm³/mol. The summed E-state index contributed by atoms with van der Waals surface area (Å²) < 4.78 is 0. The lowest BCUT2D eigenvalue weighted by Crippen LogP contribution is -2.43. The Morgan fingerprint density at radius 2 is 1.62 bits per heavy atom. The molecule has 1 saturated heterocycles. The Balaban J connectivity index is 1.55. The van der Waals surface area contributed by atoms with Crippen molar-refractivity contribution >= 4 is 5.82 Å². The first-order valence-electron chi connectivity index (χ1n) is 15.4. The molecule has 40 heavy (non-hydrogen) atoms. The van der Waals surface area contributed by atoms with E-state index in [4.69, 9.17) is 9.97 Å². The normalized spacial score (nSPS) is 18.3. The first kappa shape index (κ1) is 28.8. The highest BCUT2D eigenvalue weighted by Crippen LogP contribution is 2.38. The molecule has 0 bridgehead atoms. The SMILES string of the molecule is CCc1cccc(CC)c1-c1nc(C)c(CN(C)[C@H]2CCCc3ccccc32)c(N2CCC(C(C)(C)O)CC2)n1. The highest BCUT2D eigenvalue weighted by atomic mass is 16.3. The topological polar surface area (TPSA) is 52.5 Å². The number of benzene rings is 2. The molecule has 0 spiro atoms. The van der Waals surface area contributed by atoms with Crippen LogP contribution < -0.4 is 4.90 Å². The van der Waals surface area contributed by atoms with Gasteiger partial charge in [-0.25, -0.2) is 9.97 Å². The molecule has 0 amide bonds. The van der Waals surface area contributed by atoms with Crippen molar-refractivity contribution in [2.24, 2.45) is 5.92 Å². The Hall–Kier alpha value is -2.76. The molecule has 1 aromatic heterocycles. The van der Waals surface area contributed by atoms with E-state index in [0.29, 0.717) is 12.0 Å². The molecule has 2 aromatic carbocycles. The van der Waals surface area contributed by atoms with Crippen LogP contribution in [0.25, 0.3) is 11.4 Å². The lowest BCUT2D eigenvalue weighted by atomic mass is 9.83.